The van der Waals surface area contributed by atoms with Gasteiger partial charge in [-0.25, -0.2) is 4.98 Å². The highest BCUT2D eigenvalue weighted by molar-refractivity contribution is 5.75. The Morgan fingerprint density at radius 2 is 1.67 bits per heavy atom. The molecule has 1 aromatic carbocycles. The van der Waals surface area contributed by atoms with Crippen molar-refractivity contribution in [3.63, 3.8) is 0 Å². The Morgan fingerprint density at radius 1 is 1.06 bits per heavy atom. The summed E-state index contributed by atoms with van der Waals surface area (Å²) in [6.07, 6.45) is 1.69. The van der Waals surface area contributed by atoms with Crippen LogP contribution in [0.5, 0.6) is 0 Å². The molecule has 18 heavy (non-hydrogen) atoms. The summed E-state index contributed by atoms with van der Waals surface area (Å²) < 4.78 is 0. The van der Waals surface area contributed by atoms with Crippen molar-refractivity contribution < 1.29 is 5.11 Å². The molecule has 4 heteroatoms. The monoisotopic (exact) mass is 245 g/mol. The Balaban J connectivity index is 2.33. The van der Waals surface area contributed by atoms with Crippen molar-refractivity contribution in [3.8, 4) is 0 Å². The van der Waals surface area contributed by atoms with Gasteiger partial charge in [-0.3, -0.25) is 4.98 Å². The summed E-state index contributed by atoms with van der Waals surface area (Å²) in [4.78, 5) is 8.83. The fraction of sp³-hybridized carbons (Fsp3) is 0.429. The number of anilines is 1. The molecule has 2 N–H and O–H groups in total. The lowest BCUT2D eigenvalue weighted by molar-refractivity contribution is 0.0239. The third kappa shape index (κ3) is 2.43. The van der Waals surface area contributed by atoms with E-state index in [9.17, 15) is 5.11 Å². The Kier molecular flexibility index (Phi) is 2.99. The summed E-state index contributed by atoms with van der Waals surface area (Å²) in [5, 5.41) is 13.3. The predicted octanol–water partition coefficient (Wildman–Crippen LogP) is 2.59. The van der Waals surface area contributed by atoms with E-state index in [0.29, 0.717) is 5.82 Å². The van der Waals surface area contributed by atoms with Crippen LogP contribution >= 0.6 is 0 Å². The van der Waals surface area contributed by atoms with Crippen LogP contribution < -0.4 is 5.32 Å². The summed E-state index contributed by atoms with van der Waals surface area (Å²) in [6.45, 7) is 7.41. The first-order valence-electron chi connectivity index (χ1n) is 6.02. The molecule has 4 nitrogen and oxygen atoms in total. The first-order valence-corrected chi connectivity index (χ1v) is 6.02. The Morgan fingerprint density at radius 3 is 2.28 bits per heavy atom. The second kappa shape index (κ2) is 4.21. The highest BCUT2D eigenvalue weighted by Gasteiger charge is 2.35. The molecule has 96 valence electrons. The molecular weight excluding hydrogens is 226 g/mol. The zero-order valence-electron chi connectivity index (χ0n) is 11.2. The zero-order chi connectivity index (χ0) is 13.4. The largest absolute Gasteiger partial charge is 0.388 e. The molecule has 0 aliphatic carbocycles. The highest BCUT2D eigenvalue weighted by atomic mass is 16.3. The summed E-state index contributed by atoms with van der Waals surface area (Å²) >= 11 is 0. The molecule has 2 aromatic rings. The van der Waals surface area contributed by atoms with Crippen molar-refractivity contribution in [1.29, 1.82) is 0 Å². The molecule has 2 rings (SSSR count). The van der Waals surface area contributed by atoms with Gasteiger partial charge in [-0.05, 0) is 39.8 Å². The smallest absolute Gasteiger partial charge is 0.145 e. The molecular formula is C14H19N3O. The minimum Gasteiger partial charge on any atom is -0.388 e. The van der Waals surface area contributed by atoms with Gasteiger partial charge in [0, 0.05) is 0 Å². The predicted molar refractivity (Wildman–Crippen MR) is 73.5 cm³/mol. The summed E-state index contributed by atoms with van der Waals surface area (Å²) in [5.74, 6) is 0.667. The number of nitrogens with one attached hydrogen (secondary N) is 1. The lowest BCUT2D eigenvalue weighted by Gasteiger charge is -2.38. The van der Waals surface area contributed by atoms with Gasteiger partial charge in [-0.2, -0.15) is 0 Å². The van der Waals surface area contributed by atoms with Crippen molar-refractivity contribution in [2.45, 2.75) is 38.8 Å². The molecule has 0 spiro atoms. The minimum absolute atomic E-state index is 0.496. The SMILES string of the molecule is CC(C)(O)C(C)(C)Nc1cnc2ccccc2n1. The number of aromatic nitrogens is 2. The number of hydrogen-bond donors (Lipinski definition) is 2. The van der Waals surface area contributed by atoms with Crippen LogP contribution in [0.4, 0.5) is 5.82 Å². The Labute approximate surface area is 107 Å². The maximum absolute atomic E-state index is 10.1. The number of hydrogen-bond acceptors (Lipinski definition) is 4. The normalized spacial score (nSPS) is 12.7. The molecule has 0 saturated heterocycles. The van der Waals surface area contributed by atoms with Gasteiger partial charge < -0.3 is 10.4 Å². The number of rotatable bonds is 3. The number of fused-ring (bicyclic) bond motifs is 1. The molecule has 1 heterocycles. The van der Waals surface area contributed by atoms with Gasteiger partial charge in [0.1, 0.15) is 5.82 Å². The van der Waals surface area contributed by atoms with Crippen molar-refractivity contribution in [3.05, 3.63) is 30.5 Å². The second-order valence-electron chi connectivity index (χ2n) is 5.55. The van der Waals surface area contributed by atoms with E-state index in [1.54, 1.807) is 20.0 Å². The maximum atomic E-state index is 10.1. The standard InChI is InChI=1S/C14H19N3O/c1-13(2,14(3,4)18)17-12-9-15-10-7-5-6-8-11(10)16-12/h5-9,18H,1-4H3,(H,16,17). The van der Waals surface area contributed by atoms with Crippen LogP contribution in [0.2, 0.25) is 0 Å². The quantitative estimate of drug-likeness (QED) is 0.872. The number of para-hydroxylation sites is 2. The summed E-state index contributed by atoms with van der Waals surface area (Å²) in [7, 11) is 0. The minimum atomic E-state index is -0.861. The molecule has 0 fully saturated rings. The van der Waals surface area contributed by atoms with Gasteiger partial charge >= 0.3 is 0 Å². The molecule has 0 aliphatic rings. The van der Waals surface area contributed by atoms with Gasteiger partial charge in [-0.1, -0.05) is 12.1 Å². The third-order valence-corrected chi connectivity index (χ3v) is 3.42. The molecule has 0 bridgehead atoms. The average Bonchev–Trinajstić information content (AvgIpc) is 2.27. The fourth-order valence-corrected chi connectivity index (χ4v) is 1.49. The average molecular weight is 245 g/mol. The Bertz CT molecular complexity index is 558. The molecule has 0 amide bonds. The van der Waals surface area contributed by atoms with E-state index in [4.69, 9.17) is 0 Å². The third-order valence-electron chi connectivity index (χ3n) is 3.42. The van der Waals surface area contributed by atoms with E-state index in [1.807, 2.05) is 38.1 Å². The number of aliphatic hydroxyl groups is 1. The first kappa shape index (κ1) is 12.8. The van der Waals surface area contributed by atoms with Crippen molar-refractivity contribution in [2.75, 3.05) is 5.32 Å². The molecule has 0 saturated carbocycles. The lowest BCUT2D eigenvalue weighted by atomic mass is 9.86. The van der Waals surface area contributed by atoms with Gasteiger partial charge in [0.2, 0.25) is 0 Å². The first-order chi connectivity index (χ1) is 8.29. The van der Waals surface area contributed by atoms with Crippen LogP contribution in [0.1, 0.15) is 27.7 Å². The van der Waals surface area contributed by atoms with E-state index >= 15 is 0 Å². The van der Waals surface area contributed by atoms with Gasteiger partial charge in [0.15, 0.2) is 0 Å². The van der Waals surface area contributed by atoms with Gasteiger partial charge in [0.25, 0.3) is 0 Å². The van der Waals surface area contributed by atoms with E-state index in [2.05, 4.69) is 15.3 Å². The molecule has 0 unspecified atom stereocenters. The van der Waals surface area contributed by atoms with E-state index in [-0.39, 0.29) is 0 Å². The van der Waals surface area contributed by atoms with Crippen LogP contribution in [0.15, 0.2) is 30.5 Å². The molecule has 1 aromatic heterocycles. The molecule has 0 radical (unpaired) electrons. The summed E-state index contributed by atoms with van der Waals surface area (Å²) in [5.41, 5.74) is 0.350. The topological polar surface area (TPSA) is 58.0 Å². The molecule has 0 atom stereocenters. The Hall–Kier alpha value is -1.68. The van der Waals surface area contributed by atoms with E-state index in [1.165, 1.54) is 0 Å². The summed E-state index contributed by atoms with van der Waals surface area (Å²) in [6, 6.07) is 7.71. The van der Waals surface area contributed by atoms with Crippen LogP contribution in [-0.2, 0) is 0 Å². The lowest BCUT2D eigenvalue weighted by Crippen LogP contribution is -2.51. The van der Waals surface area contributed by atoms with Crippen molar-refractivity contribution in [1.82, 2.24) is 9.97 Å². The molecule has 0 aliphatic heterocycles. The fourth-order valence-electron chi connectivity index (χ4n) is 1.49. The van der Waals surface area contributed by atoms with Gasteiger partial charge in [-0.15, -0.1) is 0 Å². The van der Waals surface area contributed by atoms with E-state index in [0.717, 1.165) is 11.0 Å². The van der Waals surface area contributed by atoms with Crippen LogP contribution in [0.25, 0.3) is 11.0 Å². The van der Waals surface area contributed by atoms with Crippen molar-refractivity contribution in [2.24, 2.45) is 0 Å². The maximum Gasteiger partial charge on any atom is 0.145 e. The van der Waals surface area contributed by atoms with Gasteiger partial charge in [0.05, 0.1) is 28.4 Å². The number of nitrogens with zero attached hydrogens (tertiary/aromatic N) is 2. The van der Waals surface area contributed by atoms with Crippen molar-refractivity contribution >= 4 is 16.9 Å². The zero-order valence-corrected chi connectivity index (χ0v) is 11.2. The van der Waals surface area contributed by atoms with Crippen LogP contribution in [0.3, 0.4) is 0 Å². The number of benzene rings is 1. The van der Waals surface area contributed by atoms with Crippen LogP contribution in [0, 0.1) is 0 Å². The van der Waals surface area contributed by atoms with Crippen LogP contribution in [-0.4, -0.2) is 26.2 Å². The second-order valence-corrected chi connectivity index (χ2v) is 5.55. The van der Waals surface area contributed by atoms with E-state index < -0.39 is 11.1 Å². The highest BCUT2D eigenvalue weighted by Crippen LogP contribution is 2.25.